The molecule has 54 valence electrons. The highest BCUT2D eigenvalue weighted by molar-refractivity contribution is 5.88. The molecule has 2 heterocycles. The third-order valence-electron chi connectivity index (χ3n) is 1.87. The summed E-state index contributed by atoms with van der Waals surface area (Å²) in [4.78, 5) is 6.57. The monoisotopic (exact) mass is 137 g/mol. The Bertz CT molecular complexity index is 195. The number of fused-ring (bicyclic) bond motifs is 1. The van der Waals surface area contributed by atoms with Crippen molar-refractivity contribution in [1.29, 1.82) is 0 Å². The highest BCUT2D eigenvalue weighted by Crippen LogP contribution is 2.11. The molecule has 2 aliphatic rings. The van der Waals surface area contributed by atoms with Crippen molar-refractivity contribution in [3.8, 4) is 0 Å². The number of rotatable bonds is 0. The SMILES string of the molecule is C=C1CN2CCNCC2=N1. The number of hydrogen-bond acceptors (Lipinski definition) is 3. The van der Waals surface area contributed by atoms with Crippen molar-refractivity contribution in [2.75, 3.05) is 26.2 Å². The lowest BCUT2D eigenvalue weighted by Crippen LogP contribution is -2.45. The lowest BCUT2D eigenvalue weighted by molar-refractivity contribution is 0.425. The molecule has 0 atom stereocenters. The highest BCUT2D eigenvalue weighted by Gasteiger charge is 2.21. The van der Waals surface area contributed by atoms with E-state index in [2.05, 4.69) is 21.8 Å². The Kier molecular flexibility index (Phi) is 1.24. The molecular weight excluding hydrogens is 126 g/mol. The van der Waals surface area contributed by atoms with Crippen LogP contribution in [0.1, 0.15) is 0 Å². The van der Waals surface area contributed by atoms with Crippen LogP contribution in [0.4, 0.5) is 0 Å². The fourth-order valence-corrected chi connectivity index (χ4v) is 1.37. The molecule has 10 heavy (non-hydrogen) atoms. The van der Waals surface area contributed by atoms with Gasteiger partial charge in [-0.3, -0.25) is 0 Å². The number of amidine groups is 1. The number of nitrogens with zero attached hydrogens (tertiary/aromatic N) is 2. The van der Waals surface area contributed by atoms with Gasteiger partial charge >= 0.3 is 0 Å². The Morgan fingerprint density at radius 3 is 3.30 bits per heavy atom. The molecule has 3 nitrogen and oxygen atoms in total. The molecule has 0 unspecified atom stereocenters. The van der Waals surface area contributed by atoms with Crippen molar-refractivity contribution in [3.63, 3.8) is 0 Å². The predicted octanol–water partition coefficient (Wildman–Crippen LogP) is -0.183. The van der Waals surface area contributed by atoms with E-state index in [1.165, 1.54) is 0 Å². The molecule has 1 N–H and O–H groups in total. The van der Waals surface area contributed by atoms with Gasteiger partial charge < -0.3 is 10.2 Å². The van der Waals surface area contributed by atoms with Crippen molar-refractivity contribution < 1.29 is 0 Å². The molecule has 2 aliphatic heterocycles. The van der Waals surface area contributed by atoms with Crippen molar-refractivity contribution in [3.05, 3.63) is 12.3 Å². The smallest absolute Gasteiger partial charge is 0.119 e. The summed E-state index contributed by atoms with van der Waals surface area (Å²) < 4.78 is 0. The van der Waals surface area contributed by atoms with E-state index in [9.17, 15) is 0 Å². The summed E-state index contributed by atoms with van der Waals surface area (Å²) in [6.07, 6.45) is 0. The lowest BCUT2D eigenvalue weighted by Gasteiger charge is -2.25. The minimum absolute atomic E-state index is 0.916. The van der Waals surface area contributed by atoms with Gasteiger partial charge in [0.05, 0.1) is 18.8 Å². The van der Waals surface area contributed by atoms with E-state index >= 15 is 0 Å². The van der Waals surface area contributed by atoms with E-state index < -0.39 is 0 Å². The van der Waals surface area contributed by atoms with E-state index in [1.54, 1.807) is 0 Å². The van der Waals surface area contributed by atoms with Crippen molar-refractivity contribution in [2.45, 2.75) is 0 Å². The van der Waals surface area contributed by atoms with Crippen LogP contribution in [0.2, 0.25) is 0 Å². The van der Waals surface area contributed by atoms with Crippen LogP contribution >= 0.6 is 0 Å². The van der Waals surface area contributed by atoms with Crippen LogP contribution in [0.5, 0.6) is 0 Å². The fraction of sp³-hybridized carbons (Fsp3) is 0.571. The molecule has 0 aliphatic carbocycles. The minimum Gasteiger partial charge on any atom is -0.352 e. The number of hydrogen-bond donors (Lipinski definition) is 1. The molecule has 0 spiro atoms. The number of aliphatic imine (C=N–C) groups is 1. The highest BCUT2D eigenvalue weighted by atomic mass is 15.3. The lowest BCUT2D eigenvalue weighted by atomic mass is 10.3. The van der Waals surface area contributed by atoms with Gasteiger partial charge in [0.2, 0.25) is 0 Å². The second-order valence-electron chi connectivity index (χ2n) is 2.69. The molecule has 2 rings (SSSR count). The Balaban J connectivity index is 2.17. The number of piperazine rings is 1. The summed E-state index contributed by atoms with van der Waals surface area (Å²) in [6, 6.07) is 0. The summed E-state index contributed by atoms with van der Waals surface area (Å²) >= 11 is 0. The van der Waals surface area contributed by atoms with Gasteiger partial charge in [0.15, 0.2) is 0 Å². The first-order valence-corrected chi connectivity index (χ1v) is 3.57. The first-order valence-electron chi connectivity index (χ1n) is 3.57. The average molecular weight is 137 g/mol. The fourth-order valence-electron chi connectivity index (χ4n) is 1.37. The quantitative estimate of drug-likeness (QED) is 0.501. The molecule has 1 fully saturated rings. The van der Waals surface area contributed by atoms with E-state index in [0.717, 1.165) is 37.7 Å². The maximum atomic E-state index is 4.30. The molecule has 0 aromatic rings. The summed E-state index contributed by atoms with van der Waals surface area (Å²) in [5.41, 5.74) is 0.999. The van der Waals surface area contributed by atoms with Crippen LogP contribution in [0.15, 0.2) is 17.3 Å². The van der Waals surface area contributed by atoms with Crippen LogP contribution in [0.3, 0.4) is 0 Å². The van der Waals surface area contributed by atoms with Crippen molar-refractivity contribution in [2.24, 2.45) is 4.99 Å². The van der Waals surface area contributed by atoms with Gasteiger partial charge in [-0.2, -0.15) is 0 Å². The Morgan fingerprint density at radius 2 is 2.50 bits per heavy atom. The molecule has 0 bridgehead atoms. The van der Waals surface area contributed by atoms with Crippen LogP contribution < -0.4 is 5.32 Å². The average Bonchev–Trinajstić information content (AvgIpc) is 2.27. The van der Waals surface area contributed by atoms with Gasteiger partial charge in [-0.25, -0.2) is 4.99 Å². The molecule has 0 radical (unpaired) electrons. The Morgan fingerprint density at radius 1 is 1.60 bits per heavy atom. The molecule has 3 heteroatoms. The summed E-state index contributed by atoms with van der Waals surface area (Å²) in [5.74, 6) is 1.16. The second-order valence-corrected chi connectivity index (χ2v) is 2.69. The van der Waals surface area contributed by atoms with E-state index in [-0.39, 0.29) is 0 Å². The Hall–Kier alpha value is -0.830. The maximum Gasteiger partial charge on any atom is 0.119 e. The summed E-state index contributed by atoms with van der Waals surface area (Å²) in [7, 11) is 0. The topological polar surface area (TPSA) is 27.6 Å². The summed E-state index contributed by atoms with van der Waals surface area (Å²) in [6.45, 7) is 7.84. The largest absolute Gasteiger partial charge is 0.352 e. The maximum absolute atomic E-state index is 4.30. The molecular formula is C7H11N3. The predicted molar refractivity (Wildman–Crippen MR) is 41.0 cm³/mol. The minimum atomic E-state index is 0.916. The molecule has 0 saturated carbocycles. The van der Waals surface area contributed by atoms with E-state index in [1.807, 2.05) is 0 Å². The van der Waals surface area contributed by atoms with Gasteiger partial charge in [-0.05, 0) is 0 Å². The third kappa shape index (κ3) is 0.827. The zero-order chi connectivity index (χ0) is 6.97. The van der Waals surface area contributed by atoms with Crippen LogP contribution in [-0.2, 0) is 0 Å². The first kappa shape index (κ1) is 5.92. The molecule has 1 saturated heterocycles. The number of nitrogens with one attached hydrogen (secondary N) is 1. The van der Waals surface area contributed by atoms with Crippen molar-refractivity contribution >= 4 is 5.84 Å². The summed E-state index contributed by atoms with van der Waals surface area (Å²) in [5, 5.41) is 3.26. The zero-order valence-electron chi connectivity index (χ0n) is 5.93. The van der Waals surface area contributed by atoms with Gasteiger partial charge in [0.25, 0.3) is 0 Å². The van der Waals surface area contributed by atoms with Crippen LogP contribution in [0, 0.1) is 0 Å². The molecule has 0 aromatic heterocycles. The first-order chi connectivity index (χ1) is 4.86. The Labute approximate surface area is 60.4 Å². The molecule has 0 aromatic carbocycles. The van der Waals surface area contributed by atoms with Gasteiger partial charge in [-0.1, -0.05) is 6.58 Å². The zero-order valence-corrected chi connectivity index (χ0v) is 5.93. The van der Waals surface area contributed by atoms with Gasteiger partial charge in [-0.15, -0.1) is 0 Å². The van der Waals surface area contributed by atoms with Gasteiger partial charge in [0, 0.05) is 13.1 Å². The normalized spacial score (nSPS) is 24.6. The van der Waals surface area contributed by atoms with Crippen LogP contribution in [0.25, 0.3) is 0 Å². The standard InChI is InChI=1S/C7H11N3/c1-6-5-10-3-2-8-4-7(10)9-6/h8H,1-5H2. The molecule has 0 amide bonds. The van der Waals surface area contributed by atoms with Crippen molar-refractivity contribution in [1.82, 2.24) is 10.2 Å². The van der Waals surface area contributed by atoms with E-state index in [0.29, 0.717) is 0 Å². The van der Waals surface area contributed by atoms with Gasteiger partial charge in [0.1, 0.15) is 5.84 Å². The second kappa shape index (κ2) is 2.09. The van der Waals surface area contributed by atoms with E-state index in [4.69, 9.17) is 0 Å². The van der Waals surface area contributed by atoms with Crippen LogP contribution in [-0.4, -0.2) is 36.9 Å². The third-order valence-corrected chi connectivity index (χ3v) is 1.87.